The third-order valence-electron chi connectivity index (χ3n) is 2.21. The molecule has 0 unspecified atom stereocenters. The number of furan rings is 1. The predicted molar refractivity (Wildman–Crippen MR) is 72.1 cm³/mol. The summed E-state index contributed by atoms with van der Waals surface area (Å²) in [7, 11) is 0. The van der Waals surface area contributed by atoms with Gasteiger partial charge in [-0.25, -0.2) is 9.59 Å². The molecular formula is C15H11NO4. The topological polar surface area (TPSA) is 69.4 Å². The van der Waals surface area contributed by atoms with E-state index >= 15 is 0 Å². The number of hydrogen-bond acceptors (Lipinski definition) is 5. The molecular weight excluding hydrogens is 258 g/mol. The van der Waals surface area contributed by atoms with Crippen LogP contribution in [0.3, 0.4) is 0 Å². The van der Waals surface area contributed by atoms with Crippen LogP contribution in [0.15, 0.2) is 59.4 Å². The first-order valence-electron chi connectivity index (χ1n) is 5.80. The fourth-order valence-electron chi connectivity index (χ4n) is 1.33. The standard InChI is InChI=1S/C15H11NO4/c17-14(8-6-12-4-1-2-10-16-12)20-15(18)9-7-13-5-3-11-19-13/h1-11H. The molecule has 20 heavy (non-hydrogen) atoms. The number of carbonyl (C=O) groups excluding carboxylic acids is 2. The van der Waals surface area contributed by atoms with Gasteiger partial charge in [-0.15, -0.1) is 0 Å². The van der Waals surface area contributed by atoms with Gasteiger partial charge in [-0.05, 0) is 36.4 Å². The zero-order chi connectivity index (χ0) is 14.2. The average molecular weight is 269 g/mol. The predicted octanol–water partition coefficient (Wildman–Crippen LogP) is 2.47. The minimum Gasteiger partial charge on any atom is -0.465 e. The Morgan fingerprint density at radius 2 is 1.85 bits per heavy atom. The van der Waals surface area contributed by atoms with E-state index in [1.54, 1.807) is 36.5 Å². The molecule has 0 aromatic carbocycles. The van der Waals surface area contributed by atoms with Crippen LogP contribution in [0.4, 0.5) is 0 Å². The molecule has 0 aliphatic carbocycles. The summed E-state index contributed by atoms with van der Waals surface area (Å²) in [6.07, 6.45) is 8.21. The van der Waals surface area contributed by atoms with E-state index < -0.39 is 11.9 Å². The Hall–Kier alpha value is -2.95. The summed E-state index contributed by atoms with van der Waals surface area (Å²) in [5.74, 6) is -1.03. The SMILES string of the molecule is O=C(C=Cc1ccccn1)OC(=O)C=Cc1ccco1. The first kappa shape index (κ1) is 13.5. The number of esters is 2. The fraction of sp³-hybridized carbons (Fsp3) is 0. The molecule has 0 aliphatic heterocycles. The Bertz CT molecular complexity index is 627. The number of hydrogen-bond donors (Lipinski definition) is 0. The van der Waals surface area contributed by atoms with Crippen molar-refractivity contribution in [1.82, 2.24) is 4.98 Å². The van der Waals surface area contributed by atoms with Crippen LogP contribution in [0.1, 0.15) is 11.5 Å². The lowest BCUT2D eigenvalue weighted by Crippen LogP contribution is -2.06. The van der Waals surface area contributed by atoms with Crippen LogP contribution in [0.2, 0.25) is 0 Å². The number of carbonyl (C=O) groups is 2. The molecule has 2 aromatic heterocycles. The fourth-order valence-corrected chi connectivity index (χ4v) is 1.33. The smallest absolute Gasteiger partial charge is 0.338 e. The largest absolute Gasteiger partial charge is 0.465 e. The lowest BCUT2D eigenvalue weighted by atomic mass is 10.3. The van der Waals surface area contributed by atoms with E-state index in [4.69, 9.17) is 4.42 Å². The highest BCUT2D eigenvalue weighted by Gasteiger charge is 2.03. The van der Waals surface area contributed by atoms with Gasteiger partial charge in [0.05, 0.1) is 12.0 Å². The van der Waals surface area contributed by atoms with Gasteiger partial charge in [-0.3, -0.25) is 4.98 Å². The molecule has 2 heterocycles. The Morgan fingerprint density at radius 1 is 1.05 bits per heavy atom. The maximum absolute atomic E-state index is 11.4. The number of pyridine rings is 1. The second kappa shape index (κ2) is 6.84. The molecule has 0 spiro atoms. The van der Waals surface area contributed by atoms with Gasteiger partial charge in [0.2, 0.25) is 0 Å². The summed E-state index contributed by atoms with van der Waals surface area (Å²) >= 11 is 0. The molecule has 5 nitrogen and oxygen atoms in total. The first-order chi connectivity index (χ1) is 9.74. The first-order valence-corrected chi connectivity index (χ1v) is 5.80. The van der Waals surface area contributed by atoms with Gasteiger partial charge in [-0.2, -0.15) is 0 Å². The third-order valence-corrected chi connectivity index (χ3v) is 2.21. The van der Waals surface area contributed by atoms with E-state index in [2.05, 4.69) is 9.72 Å². The van der Waals surface area contributed by atoms with Crippen LogP contribution in [0.5, 0.6) is 0 Å². The molecule has 5 heteroatoms. The molecule has 0 atom stereocenters. The summed E-state index contributed by atoms with van der Waals surface area (Å²) < 4.78 is 9.54. The summed E-state index contributed by atoms with van der Waals surface area (Å²) in [5.41, 5.74) is 0.600. The van der Waals surface area contributed by atoms with Crippen molar-refractivity contribution in [2.75, 3.05) is 0 Å². The lowest BCUT2D eigenvalue weighted by Gasteiger charge is -1.94. The van der Waals surface area contributed by atoms with Gasteiger partial charge >= 0.3 is 11.9 Å². The summed E-state index contributed by atoms with van der Waals surface area (Å²) in [6.45, 7) is 0. The van der Waals surface area contributed by atoms with Crippen molar-refractivity contribution in [2.24, 2.45) is 0 Å². The molecule has 2 rings (SSSR count). The zero-order valence-electron chi connectivity index (χ0n) is 10.4. The van der Waals surface area contributed by atoms with Crippen LogP contribution in [0, 0.1) is 0 Å². The van der Waals surface area contributed by atoms with Gasteiger partial charge in [-0.1, -0.05) is 6.07 Å². The second-order valence-electron chi connectivity index (χ2n) is 3.68. The number of nitrogens with zero attached hydrogens (tertiary/aromatic N) is 1. The van der Waals surface area contributed by atoms with Crippen molar-refractivity contribution >= 4 is 24.1 Å². The monoisotopic (exact) mass is 269 g/mol. The van der Waals surface area contributed by atoms with Crippen LogP contribution < -0.4 is 0 Å². The van der Waals surface area contributed by atoms with Crippen molar-refractivity contribution in [3.05, 3.63) is 66.4 Å². The molecule has 0 N–H and O–H groups in total. The molecule has 2 aromatic rings. The minimum atomic E-state index is -0.767. The molecule has 0 aliphatic rings. The van der Waals surface area contributed by atoms with E-state index in [-0.39, 0.29) is 0 Å². The van der Waals surface area contributed by atoms with Gasteiger partial charge in [0.15, 0.2) is 0 Å². The molecule has 100 valence electrons. The normalized spacial score (nSPS) is 11.0. The average Bonchev–Trinajstić information content (AvgIpc) is 2.97. The van der Waals surface area contributed by atoms with Gasteiger partial charge in [0.1, 0.15) is 5.76 Å². The van der Waals surface area contributed by atoms with Crippen LogP contribution in [-0.4, -0.2) is 16.9 Å². The van der Waals surface area contributed by atoms with Gasteiger partial charge in [0, 0.05) is 18.3 Å². The highest BCUT2D eigenvalue weighted by Crippen LogP contribution is 2.02. The maximum atomic E-state index is 11.4. The number of ether oxygens (including phenoxy) is 1. The molecule has 0 amide bonds. The maximum Gasteiger partial charge on any atom is 0.338 e. The number of aromatic nitrogens is 1. The van der Waals surface area contributed by atoms with Crippen molar-refractivity contribution in [3.63, 3.8) is 0 Å². The van der Waals surface area contributed by atoms with Crippen molar-refractivity contribution in [2.45, 2.75) is 0 Å². The van der Waals surface area contributed by atoms with Crippen molar-refractivity contribution in [3.8, 4) is 0 Å². The summed E-state index contributed by atoms with van der Waals surface area (Å²) in [6, 6.07) is 8.63. The van der Waals surface area contributed by atoms with Crippen LogP contribution >= 0.6 is 0 Å². The number of rotatable bonds is 4. The van der Waals surface area contributed by atoms with E-state index in [0.717, 1.165) is 12.2 Å². The Morgan fingerprint density at radius 3 is 2.50 bits per heavy atom. The highest BCUT2D eigenvalue weighted by molar-refractivity contribution is 5.99. The lowest BCUT2D eigenvalue weighted by molar-refractivity contribution is -0.152. The highest BCUT2D eigenvalue weighted by atomic mass is 16.6. The van der Waals surface area contributed by atoms with Gasteiger partial charge < -0.3 is 9.15 Å². The second-order valence-corrected chi connectivity index (χ2v) is 3.68. The van der Waals surface area contributed by atoms with E-state index in [1.807, 2.05) is 0 Å². The van der Waals surface area contributed by atoms with Gasteiger partial charge in [0.25, 0.3) is 0 Å². The third kappa shape index (κ3) is 4.38. The molecule has 0 radical (unpaired) electrons. The summed E-state index contributed by atoms with van der Waals surface area (Å²) in [4.78, 5) is 26.7. The van der Waals surface area contributed by atoms with E-state index in [0.29, 0.717) is 11.5 Å². The Balaban J connectivity index is 1.85. The van der Waals surface area contributed by atoms with Crippen molar-refractivity contribution in [1.29, 1.82) is 0 Å². The van der Waals surface area contributed by atoms with E-state index in [1.165, 1.54) is 18.4 Å². The summed E-state index contributed by atoms with van der Waals surface area (Å²) in [5, 5.41) is 0. The van der Waals surface area contributed by atoms with Crippen LogP contribution in [0.25, 0.3) is 12.2 Å². The van der Waals surface area contributed by atoms with Crippen molar-refractivity contribution < 1.29 is 18.7 Å². The Kier molecular flexibility index (Phi) is 4.61. The molecule has 0 saturated heterocycles. The quantitative estimate of drug-likeness (QED) is 0.484. The Labute approximate surface area is 115 Å². The molecule has 0 bridgehead atoms. The van der Waals surface area contributed by atoms with E-state index in [9.17, 15) is 9.59 Å². The molecule has 0 saturated carbocycles. The van der Waals surface area contributed by atoms with Crippen LogP contribution in [-0.2, 0) is 14.3 Å². The minimum absolute atomic E-state index is 0.499. The zero-order valence-corrected chi connectivity index (χ0v) is 10.4. The molecule has 0 fully saturated rings.